The van der Waals surface area contributed by atoms with Crippen LogP contribution >= 0.6 is 0 Å². The summed E-state index contributed by atoms with van der Waals surface area (Å²) < 4.78 is 7.89. The second kappa shape index (κ2) is 6.02. The Morgan fingerprint density at radius 3 is 2.85 bits per heavy atom. The SMILES string of the molecule is COC1(c2nc3c(C)cc(N4CCC(C)C4)cn3n2)CCC1c1ncn[nH]1. The van der Waals surface area contributed by atoms with Crippen molar-refractivity contribution in [3.63, 3.8) is 0 Å². The van der Waals surface area contributed by atoms with Crippen LogP contribution in [0.4, 0.5) is 5.69 Å². The van der Waals surface area contributed by atoms with E-state index in [2.05, 4.69) is 46.2 Å². The van der Waals surface area contributed by atoms with Crippen LogP contribution in [0.25, 0.3) is 5.65 Å². The molecule has 3 aromatic heterocycles. The van der Waals surface area contributed by atoms with Crippen molar-refractivity contribution in [2.45, 2.75) is 44.6 Å². The van der Waals surface area contributed by atoms with Gasteiger partial charge in [0.25, 0.3) is 0 Å². The molecule has 3 atom stereocenters. The minimum absolute atomic E-state index is 0.0987. The average molecular weight is 367 g/mol. The molecular formula is C19H25N7O. The van der Waals surface area contributed by atoms with Gasteiger partial charge in [0.15, 0.2) is 11.5 Å². The lowest BCUT2D eigenvalue weighted by Crippen LogP contribution is -2.45. The molecule has 0 bridgehead atoms. The number of hydrogen-bond donors (Lipinski definition) is 1. The van der Waals surface area contributed by atoms with Gasteiger partial charge in [-0.05, 0) is 43.7 Å². The van der Waals surface area contributed by atoms with Crippen molar-refractivity contribution in [2.24, 2.45) is 5.92 Å². The molecule has 1 aliphatic carbocycles. The number of ether oxygens (including phenoxy) is 1. The highest BCUT2D eigenvalue weighted by molar-refractivity contribution is 5.57. The summed E-state index contributed by atoms with van der Waals surface area (Å²) >= 11 is 0. The van der Waals surface area contributed by atoms with Crippen molar-refractivity contribution in [3.8, 4) is 0 Å². The van der Waals surface area contributed by atoms with Gasteiger partial charge in [-0.1, -0.05) is 6.92 Å². The lowest BCUT2D eigenvalue weighted by atomic mass is 9.68. The van der Waals surface area contributed by atoms with E-state index in [1.165, 1.54) is 12.1 Å². The number of aromatic nitrogens is 6. The topological polar surface area (TPSA) is 84.2 Å². The molecule has 27 heavy (non-hydrogen) atoms. The maximum absolute atomic E-state index is 5.97. The molecule has 1 N–H and O–H groups in total. The minimum atomic E-state index is -0.541. The Balaban J connectivity index is 1.55. The molecule has 1 saturated carbocycles. The van der Waals surface area contributed by atoms with Crippen molar-refractivity contribution >= 4 is 11.3 Å². The fourth-order valence-corrected chi connectivity index (χ4v) is 4.55. The van der Waals surface area contributed by atoms with Crippen LogP contribution in [0.15, 0.2) is 18.6 Å². The molecule has 3 aromatic rings. The van der Waals surface area contributed by atoms with E-state index in [4.69, 9.17) is 14.8 Å². The van der Waals surface area contributed by atoms with Crippen LogP contribution in [0.2, 0.25) is 0 Å². The number of anilines is 1. The Hall–Kier alpha value is -2.48. The number of nitrogens with one attached hydrogen (secondary N) is 1. The average Bonchev–Trinajstić information content (AvgIpc) is 3.36. The monoisotopic (exact) mass is 367 g/mol. The number of nitrogens with zero attached hydrogens (tertiary/aromatic N) is 6. The van der Waals surface area contributed by atoms with E-state index in [1.54, 1.807) is 13.4 Å². The third-order valence-electron chi connectivity index (χ3n) is 6.27. The van der Waals surface area contributed by atoms with E-state index in [0.29, 0.717) is 0 Å². The van der Waals surface area contributed by atoms with Gasteiger partial charge in [0, 0.05) is 20.2 Å². The molecule has 8 nitrogen and oxygen atoms in total. The summed E-state index contributed by atoms with van der Waals surface area (Å²) in [5.74, 6) is 2.40. The molecule has 5 rings (SSSR count). The maximum Gasteiger partial charge on any atom is 0.184 e. The molecule has 3 unspecified atom stereocenters. The smallest absolute Gasteiger partial charge is 0.184 e. The fraction of sp³-hybridized carbons (Fsp3) is 0.579. The number of rotatable bonds is 4. The number of aryl methyl sites for hydroxylation is 1. The summed E-state index contributed by atoms with van der Waals surface area (Å²) in [7, 11) is 1.73. The molecule has 0 amide bonds. The van der Waals surface area contributed by atoms with Gasteiger partial charge >= 0.3 is 0 Å². The van der Waals surface area contributed by atoms with Crippen molar-refractivity contribution in [1.82, 2.24) is 29.8 Å². The largest absolute Gasteiger partial charge is 0.370 e. The van der Waals surface area contributed by atoms with Crippen molar-refractivity contribution in [3.05, 3.63) is 35.8 Å². The summed E-state index contributed by atoms with van der Waals surface area (Å²) in [6.07, 6.45) is 6.74. The van der Waals surface area contributed by atoms with E-state index in [0.717, 1.165) is 54.7 Å². The van der Waals surface area contributed by atoms with Gasteiger partial charge in [0.2, 0.25) is 0 Å². The predicted molar refractivity (Wildman–Crippen MR) is 101 cm³/mol. The van der Waals surface area contributed by atoms with Crippen LogP contribution in [0.5, 0.6) is 0 Å². The van der Waals surface area contributed by atoms with E-state index < -0.39 is 5.60 Å². The van der Waals surface area contributed by atoms with E-state index in [9.17, 15) is 0 Å². The minimum Gasteiger partial charge on any atom is -0.370 e. The zero-order valence-electron chi connectivity index (χ0n) is 16.0. The van der Waals surface area contributed by atoms with E-state index in [1.807, 2.05) is 4.52 Å². The highest BCUT2D eigenvalue weighted by Gasteiger charge is 2.54. The normalized spacial score (nSPS) is 28.0. The van der Waals surface area contributed by atoms with Gasteiger partial charge in [-0.15, -0.1) is 5.10 Å². The lowest BCUT2D eigenvalue weighted by molar-refractivity contribution is -0.108. The molecule has 142 valence electrons. The molecule has 0 spiro atoms. The van der Waals surface area contributed by atoms with Gasteiger partial charge in [0.1, 0.15) is 17.8 Å². The first-order chi connectivity index (χ1) is 13.1. The fourth-order valence-electron chi connectivity index (χ4n) is 4.55. The van der Waals surface area contributed by atoms with Crippen molar-refractivity contribution in [2.75, 3.05) is 25.1 Å². The van der Waals surface area contributed by atoms with Gasteiger partial charge in [-0.25, -0.2) is 14.5 Å². The Bertz CT molecular complexity index is 962. The summed E-state index contributed by atoms with van der Waals surface area (Å²) in [4.78, 5) is 11.6. The maximum atomic E-state index is 5.97. The van der Waals surface area contributed by atoms with Crippen molar-refractivity contribution in [1.29, 1.82) is 0 Å². The van der Waals surface area contributed by atoms with E-state index >= 15 is 0 Å². The molecular weight excluding hydrogens is 342 g/mol. The highest BCUT2D eigenvalue weighted by atomic mass is 16.5. The summed E-state index contributed by atoms with van der Waals surface area (Å²) in [5, 5.41) is 11.8. The summed E-state index contributed by atoms with van der Waals surface area (Å²) in [6, 6.07) is 2.22. The Labute approximate surface area is 158 Å². The van der Waals surface area contributed by atoms with Crippen LogP contribution in [-0.4, -0.2) is 50.0 Å². The van der Waals surface area contributed by atoms with Gasteiger partial charge in [-0.3, -0.25) is 5.10 Å². The number of H-pyrrole nitrogens is 1. The molecule has 0 radical (unpaired) electrons. The number of pyridine rings is 1. The summed E-state index contributed by atoms with van der Waals surface area (Å²) in [5.41, 5.74) is 2.70. The number of hydrogen-bond acceptors (Lipinski definition) is 6. The first-order valence-electron chi connectivity index (χ1n) is 9.63. The molecule has 1 aliphatic heterocycles. The van der Waals surface area contributed by atoms with E-state index in [-0.39, 0.29) is 5.92 Å². The number of fused-ring (bicyclic) bond motifs is 1. The van der Waals surface area contributed by atoms with Gasteiger partial charge < -0.3 is 9.64 Å². The zero-order chi connectivity index (χ0) is 18.6. The van der Waals surface area contributed by atoms with Crippen LogP contribution in [0.1, 0.15) is 49.3 Å². The Morgan fingerprint density at radius 1 is 1.33 bits per heavy atom. The number of methoxy groups -OCH3 is 1. The lowest BCUT2D eigenvalue weighted by Gasteiger charge is -2.44. The first kappa shape index (κ1) is 16.7. The predicted octanol–water partition coefficient (Wildman–Crippen LogP) is 2.42. The molecule has 1 saturated heterocycles. The van der Waals surface area contributed by atoms with Gasteiger partial charge in [0.05, 0.1) is 17.8 Å². The molecule has 8 heteroatoms. The van der Waals surface area contributed by atoms with Crippen LogP contribution in [0.3, 0.4) is 0 Å². The quantitative estimate of drug-likeness (QED) is 0.762. The Morgan fingerprint density at radius 2 is 2.22 bits per heavy atom. The Kier molecular flexibility index (Phi) is 3.72. The second-order valence-electron chi connectivity index (χ2n) is 7.98. The standard InChI is InChI=1S/C19H25N7O/c1-12-5-7-25(9-12)14-8-13(2)17-22-18(24-26(17)10-14)19(27-3)6-4-15(19)16-20-11-21-23-16/h8,10-12,15H,4-7,9H2,1-3H3,(H,20,21,23). The van der Waals surface area contributed by atoms with Crippen molar-refractivity contribution < 1.29 is 4.74 Å². The molecule has 2 aliphatic rings. The third-order valence-corrected chi connectivity index (χ3v) is 6.27. The number of aromatic amines is 1. The van der Waals surface area contributed by atoms with Gasteiger partial charge in [-0.2, -0.15) is 5.10 Å². The third kappa shape index (κ3) is 2.46. The molecule has 4 heterocycles. The molecule has 0 aromatic carbocycles. The second-order valence-corrected chi connectivity index (χ2v) is 7.98. The van der Waals surface area contributed by atoms with Crippen LogP contribution in [-0.2, 0) is 10.3 Å². The molecule has 2 fully saturated rings. The van der Waals surface area contributed by atoms with Crippen LogP contribution < -0.4 is 4.90 Å². The summed E-state index contributed by atoms with van der Waals surface area (Å²) in [6.45, 7) is 6.61. The zero-order valence-corrected chi connectivity index (χ0v) is 16.0. The highest BCUT2D eigenvalue weighted by Crippen LogP contribution is 2.53. The first-order valence-corrected chi connectivity index (χ1v) is 9.63. The van der Waals surface area contributed by atoms with Crippen LogP contribution in [0, 0.1) is 12.8 Å².